The van der Waals surface area contributed by atoms with Crippen LogP contribution in [0.1, 0.15) is 86.1 Å². The van der Waals surface area contributed by atoms with Crippen LogP contribution in [0.25, 0.3) is 0 Å². The number of benzene rings is 1. The van der Waals surface area contributed by atoms with Gasteiger partial charge in [-0.1, -0.05) is 33.8 Å². The number of rotatable bonds is 14. The quantitative estimate of drug-likeness (QED) is 0.162. The van der Waals surface area contributed by atoms with Crippen LogP contribution in [0.3, 0.4) is 0 Å². The van der Waals surface area contributed by atoms with Crippen molar-refractivity contribution < 1.29 is 48.0 Å². The summed E-state index contributed by atoms with van der Waals surface area (Å²) in [7, 11) is 0. The molecule has 40 heavy (non-hydrogen) atoms. The Bertz CT molecular complexity index is 999. The number of carbonyl (C=O) groups is 4. The molecule has 1 aromatic rings. The highest BCUT2D eigenvalue weighted by Crippen LogP contribution is 2.35. The molecule has 2 unspecified atom stereocenters. The largest absolute Gasteiger partial charge is 0.513 e. The molecule has 0 radical (unpaired) electrons. The van der Waals surface area contributed by atoms with Crippen molar-refractivity contribution in [1.82, 2.24) is 0 Å². The van der Waals surface area contributed by atoms with Crippen molar-refractivity contribution in [3.05, 3.63) is 23.8 Å². The summed E-state index contributed by atoms with van der Waals surface area (Å²) in [5.74, 6) is -2.29. The van der Waals surface area contributed by atoms with Crippen LogP contribution in [-0.2, 0) is 23.8 Å². The van der Waals surface area contributed by atoms with Crippen LogP contribution in [0.5, 0.6) is 11.5 Å². The highest BCUT2D eigenvalue weighted by molar-refractivity contribution is 5.76. The lowest BCUT2D eigenvalue weighted by Crippen LogP contribution is -2.39. The third-order valence-electron chi connectivity index (χ3n) is 5.84. The van der Waals surface area contributed by atoms with Crippen LogP contribution in [0.15, 0.2) is 18.2 Å². The van der Waals surface area contributed by atoms with Gasteiger partial charge >= 0.3 is 24.2 Å². The first-order valence-electron chi connectivity index (χ1n) is 13.5. The molecule has 0 aliphatic rings. The van der Waals surface area contributed by atoms with Crippen molar-refractivity contribution in [1.29, 1.82) is 0 Å². The van der Waals surface area contributed by atoms with E-state index in [0.29, 0.717) is 30.2 Å². The molecule has 3 N–H and O–H groups in total. The fourth-order valence-electron chi connectivity index (χ4n) is 3.34. The van der Waals surface area contributed by atoms with Gasteiger partial charge in [0, 0.05) is 5.92 Å². The van der Waals surface area contributed by atoms with E-state index in [1.807, 2.05) is 27.7 Å². The van der Waals surface area contributed by atoms with Crippen molar-refractivity contribution in [3.8, 4) is 11.5 Å². The molecule has 0 amide bonds. The number of esters is 1. The standard InChI is InChI=1S/C29H45NO10/c1-17(2)11-13-36-27(34)39-22-10-9-20(16-23(22)40-28(35)37-14-12-18(3)4)21(24(30)25(31)32)15-19(5)38-26(33)29(6,7)8/h9-10,16-19,21,24H,11-15,30H2,1-8H3,(H,31,32)/t19?,21?,24-/m0/s1. The molecular weight excluding hydrogens is 522 g/mol. The first-order chi connectivity index (χ1) is 18.5. The Morgan fingerprint density at radius 3 is 1.80 bits per heavy atom. The van der Waals surface area contributed by atoms with Crippen molar-refractivity contribution in [3.63, 3.8) is 0 Å². The average molecular weight is 568 g/mol. The summed E-state index contributed by atoms with van der Waals surface area (Å²) in [6, 6.07) is 2.82. The normalized spacial score (nSPS) is 13.8. The zero-order chi connectivity index (χ0) is 30.6. The lowest BCUT2D eigenvalue weighted by molar-refractivity contribution is -0.158. The summed E-state index contributed by atoms with van der Waals surface area (Å²) in [6.45, 7) is 14.9. The van der Waals surface area contributed by atoms with Crippen LogP contribution in [0.2, 0.25) is 0 Å². The number of nitrogens with two attached hydrogens (primary N) is 1. The minimum Gasteiger partial charge on any atom is -0.480 e. The zero-order valence-corrected chi connectivity index (χ0v) is 24.9. The monoisotopic (exact) mass is 567 g/mol. The van der Waals surface area contributed by atoms with Gasteiger partial charge in [0.25, 0.3) is 0 Å². The average Bonchev–Trinajstić information content (AvgIpc) is 2.82. The molecule has 1 rings (SSSR count). The van der Waals surface area contributed by atoms with E-state index in [2.05, 4.69) is 0 Å². The lowest BCUT2D eigenvalue weighted by atomic mass is 9.86. The van der Waals surface area contributed by atoms with Gasteiger partial charge in [0.15, 0.2) is 11.5 Å². The summed E-state index contributed by atoms with van der Waals surface area (Å²) in [5, 5.41) is 9.67. The van der Waals surface area contributed by atoms with Gasteiger partial charge in [-0.2, -0.15) is 0 Å². The number of carboxylic acids is 1. The molecule has 3 atom stereocenters. The second kappa shape index (κ2) is 16.1. The number of carboxylic acid groups (broad SMARTS) is 1. The Morgan fingerprint density at radius 1 is 0.850 bits per heavy atom. The van der Waals surface area contributed by atoms with E-state index in [-0.39, 0.29) is 31.1 Å². The predicted octanol–water partition coefficient (Wildman–Crippen LogP) is 5.67. The van der Waals surface area contributed by atoms with E-state index in [9.17, 15) is 24.3 Å². The Kier molecular flexibility index (Phi) is 13.9. The van der Waals surface area contributed by atoms with Gasteiger partial charge in [-0.05, 0) is 76.5 Å². The molecule has 1 aromatic carbocycles. The van der Waals surface area contributed by atoms with Gasteiger partial charge < -0.3 is 34.5 Å². The van der Waals surface area contributed by atoms with E-state index in [1.54, 1.807) is 27.7 Å². The van der Waals surface area contributed by atoms with Gasteiger partial charge in [0.1, 0.15) is 6.04 Å². The fourth-order valence-corrected chi connectivity index (χ4v) is 3.34. The second-order valence-corrected chi connectivity index (χ2v) is 11.6. The summed E-state index contributed by atoms with van der Waals surface area (Å²) in [5.41, 5.74) is 5.63. The maximum absolute atomic E-state index is 12.4. The Balaban J connectivity index is 3.29. The third-order valence-corrected chi connectivity index (χ3v) is 5.84. The number of carbonyl (C=O) groups excluding carboxylic acids is 3. The summed E-state index contributed by atoms with van der Waals surface area (Å²) in [6.07, 6.45) is -1.40. The van der Waals surface area contributed by atoms with Crippen molar-refractivity contribution in [2.24, 2.45) is 23.0 Å². The SMILES string of the molecule is CC(C)CCOC(=O)Oc1ccc(C(CC(C)OC(=O)C(C)(C)C)[C@H](N)C(=O)O)cc1OC(=O)OCCC(C)C. The van der Waals surface area contributed by atoms with E-state index in [4.69, 9.17) is 29.4 Å². The molecule has 0 fully saturated rings. The van der Waals surface area contributed by atoms with Gasteiger partial charge in [-0.15, -0.1) is 0 Å². The summed E-state index contributed by atoms with van der Waals surface area (Å²) >= 11 is 0. The molecule has 0 heterocycles. The number of hydrogen-bond donors (Lipinski definition) is 2. The molecule has 0 aliphatic carbocycles. The van der Waals surface area contributed by atoms with Gasteiger partial charge in [-0.3, -0.25) is 9.59 Å². The van der Waals surface area contributed by atoms with Gasteiger partial charge in [0.2, 0.25) is 0 Å². The Morgan fingerprint density at radius 2 is 1.35 bits per heavy atom. The van der Waals surface area contributed by atoms with Crippen LogP contribution in [0.4, 0.5) is 9.59 Å². The van der Waals surface area contributed by atoms with Crippen LogP contribution in [0, 0.1) is 17.3 Å². The van der Waals surface area contributed by atoms with E-state index < -0.39 is 47.7 Å². The summed E-state index contributed by atoms with van der Waals surface area (Å²) in [4.78, 5) is 48.9. The van der Waals surface area contributed by atoms with E-state index in [0.717, 1.165) is 0 Å². The minimum absolute atomic E-state index is 0.0605. The van der Waals surface area contributed by atoms with Crippen molar-refractivity contribution >= 4 is 24.2 Å². The highest BCUT2D eigenvalue weighted by atomic mass is 16.7. The molecule has 226 valence electrons. The second-order valence-electron chi connectivity index (χ2n) is 11.6. The van der Waals surface area contributed by atoms with Crippen LogP contribution >= 0.6 is 0 Å². The topological polar surface area (TPSA) is 161 Å². The molecule has 11 heteroatoms. The number of ether oxygens (including phenoxy) is 5. The lowest BCUT2D eigenvalue weighted by Gasteiger charge is -2.27. The van der Waals surface area contributed by atoms with Crippen LogP contribution in [-0.4, -0.2) is 54.7 Å². The zero-order valence-electron chi connectivity index (χ0n) is 24.9. The molecule has 0 aromatic heterocycles. The van der Waals surface area contributed by atoms with Crippen molar-refractivity contribution in [2.75, 3.05) is 13.2 Å². The molecular formula is C29H45NO10. The van der Waals surface area contributed by atoms with Crippen LogP contribution < -0.4 is 15.2 Å². The molecule has 0 spiro atoms. The first-order valence-corrected chi connectivity index (χ1v) is 13.5. The number of hydrogen-bond acceptors (Lipinski definition) is 10. The Hall–Kier alpha value is -3.34. The van der Waals surface area contributed by atoms with Gasteiger partial charge in [0.05, 0.1) is 24.7 Å². The predicted molar refractivity (Wildman–Crippen MR) is 147 cm³/mol. The summed E-state index contributed by atoms with van der Waals surface area (Å²) < 4.78 is 26.3. The van der Waals surface area contributed by atoms with Crippen molar-refractivity contribution in [2.45, 2.75) is 92.7 Å². The fraction of sp³-hybridized carbons (Fsp3) is 0.655. The molecule has 0 aliphatic heterocycles. The van der Waals surface area contributed by atoms with E-state index in [1.165, 1.54) is 18.2 Å². The minimum atomic E-state index is -1.38. The smallest absolute Gasteiger partial charge is 0.480 e. The highest BCUT2D eigenvalue weighted by Gasteiger charge is 2.32. The molecule has 0 saturated heterocycles. The maximum atomic E-state index is 12.4. The Labute approximate surface area is 236 Å². The molecule has 0 bridgehead atoms. The molecule has 11 nitrogen and oxygen atoms in total. The maximum Gasteiger partial charge on any atom is 0.513 e. The van der Waals surface area contributed by atoms with Gasteiger partial charge in [-0.25, -0.2) is 9.59 Å². The molecule has 0 saturated carbocycles. The van der Waals surface area contributed by atoms with E-state index >= 15 is 0 Å². The first kappa shape index (κ1) is 34.7. The third kappa shape index (κ3) is 12.7. The number of aliphatic carboxylic acids is 1.